The SMILES string of the molecule is CCCC1CC2C=CC=CC2C1[Si](C)(C)N1C[N-]C[N-]C1.[CH3-].[Cl][Ti+4][Cl]. The Balaban J connectivity index is 0.000000730. The molecule has 3 aliphatic rings. The average Bonchev–Trinajstić information content (AvgIpc) is 2.95. The van der Waals surface area contributed by atoms with Crippen LogP contribution in [0.15, 0.2) is 24.3 Å². The third-order valence-electron chi connectivity index (χ3n) is 5.83. The van der Waals surface area contributed by atoms with Gasteiger partial charge in [0.1, 0.15) is 8.24 Å². The van der Waals surface area contributed by atoms with E-state index in [-0.39, 0.29) is 7.43 Å². The molecule has 0 aromatic heterocycles. The van der Waals surface area contributed by atoms with Gasteiger partial charge >= 0.3 is 35.6 Å². The number of hydrogen-bond donors (Lipinski definition) is 0. The van der Waals surface area contributed by atoms with E-state index in [1.54, 1.807) is 0 Å². The Kier molecular flexibility index (Phi) is 11.1. The number of halogens is 2. The van der Waals surface area contributed by atoms with Gasteiger partial charge in [0, 0.05) is 0 Å². The van der Waals surface area contributed by atoms with Gasteiger partial charge in [0.15, 0.2) is 0 Å². The Bertz CT molecular complexity index is 442. The Morgan fingerprint density at radius 2 is 1.76 bits per heavy atom. The Hall–Kier alpha value is 0.871. The summed E-state index contributed by atoms with van der Waals surface area (Å²) in [5.41, 5.74) is 0.854. The molecule has 25 heavy (non-hydrogen) atoms. The van der Waals surface area contributed by atoms with Crippen LogP contribution in [0.1, 0.15) is 26.2 Å². The third-order valence-corrected chi connectivity index (χ3v) is 10.2. The van der Waals surface area contributed by atoms with Gasteiger partial charge in [-0.05, 0) is 29.7 Å². The topological polar surface area (TPSA) is 31.4 Å². The molecule has 0 amide bonds. The molecule has 4 unspecified atom stereocenters. The molecule has 2 fully saturated rings. The molecule has 2 aliphatic carbocycles. The molecular formula is C18H32Cl2N3SiTi+. The fourth-order valence-electron chi connectivity index (χ4n) is 4.84. The summed E-state index contributed by atoms with van der Waals surface area (Å²) < 4.78 is 2.62. The molecule has 7 heteroatoms. The van der Waals surface area contributed by atoms with Crippen LogP contribution in [0.3, 0.4) is 0 Å². The first-order valence-corrected chi connectivity index (χ1v) is 16.2. The van der Waals surface area contributed by atoms with Crippen molar-refractivity contribution in [1.29, 1.82) is 0 Å². The van der Waals surface area contributed by atoms with Gasteiger partial charge in [-0.15, -0.1) is 13.3 Å². The quantitative estimate of drug-likeness (QED) is 0.365. The molecular weight excluding hydrogens is 405 g/mol. The summed E-state index contributed by atoms with van der Waals surface area (Å²) in [5.74, 6) is 2.43. The van der Waals surface area contributed by atoms with Crippen molar-refractivity contribution < 1.29 is 17.0 Å². The van der Waals surface area contributed by atoms with Crippen molar-refractivity contribution in [1.82, 2.24) is 4.57 Å². The Morgan fingerprint density at radius 3 is 2.36 bits per heavy atom. The van der Waals surface area contributed by atoms with E-state index in [1.165, 1.54) is 19.3 Å². The second kappa shape index (κ2) is 11.7. The number of rotatable bonds is 4. The van der Waals surface area contributed by atoms with Crippen LogP contribution in [0.4, 0.5) is 0 Å². The molecule has 3 nitrogen and oxygen atoms in total. The van der Waals surface area contributed by atoms with Crippen molar-refractivity contribution in [2.75, 3.05) is 20.0 Å². The summed E-state index contributed by atoms with van der Waals surface area (Å²) in [4.78, 5) is 0. The summed E-state index contributed by atoms with van der Waals surface area (Å²) in [6.45, 7) is 9.99. The van der Waals surface area contributed by atoms with E-state index >= 15 is 0 Å². The number of fused-ring (bicyclic) bond motifs is 1. The van der Waals surface area contributed by atoms with Crippen molar-refractivity contribution in [2.45, 2.75) is 44.8 Å². The fraction of sp³-hybridized carbons (Fsp3) is 0.722. The first-order valence-electron chi connectivity index (χ1n) is 8.89. The van der Waals surface area contributed by atoms with E-state index in [9.17, 15) is 0 Å². The van der Waals surface area contributed by atoms with E-state index < -0.39 is 25.3 Å². The molecule has 4 atom stereocenters. The van der Waals surface area contributed by atoms with Crippen molar-refractivity contribution in [2.24, 2.45) is 17.8 Å². The van der Waals surface area contributed by atoms with E-state index in [4.69, 9.17) is 18.6 Å². The van der Waals surface area contributed by atoms with Crippen molar-refractivity contribution in [3.63, 3.8) is 0 Å². The van der Waals surface area contributed by atoms with Crippen LogP contribution in [-0.2, 0) is 17.0 Å². The minimum absolute atomic E-state index is 0. The van der Waals surface area contributed by atoms with Gasteiger partial charge in [-0.25, -0.2) is 0 Å². The molecule has 0 spiro atoms. The van der Waals surface area contributed by atoms with Crippen molar-refractivity contribution in [3.8, 4) is 0 Å². The summed E-state index contributed by atoms with van der Waals surface area (Å²) in [5, 5.41) is 9.07. The summed E-state index contributed by atoms with van der Waals surface area (Å²) in [6.07, 6.45) is 13.6. The van der Waals surface area contributed by atoms with Crippen LogP contribution >= 0.6 is 18.6 Å². The zero-order valence-electron chi connectivity index (χ0n) is 16.0. The predicted molar refractivity (Wildman–Crippen MR) is 111 cm³/mol. The molecule has 1 heterocycles. The van der Waals surface area contributed by atoms with Crippen LogP contribution in [0.2, 0.25) is 18.6 Å². The molecule has 0 aromatic carbocycles. The number of nitrogens with zero attached hydrogens (tertiary/aromatic N) is 3. The summed E-state index contributed by atoms with van der Waals surface area (Å²) >= 11 is -0.556. The van der Waals surface area contributed by atoms with E-state index in [2.05, 4.69) is 59.5 Å². The van der Waals surface area contributed by atoms with Crippen LogP contribution in [0.25, 0.3) is 10.6 Å². The van der Waals surface area contributed by atoms with E-state index in [0.29, 0.717) is 6.67 Å². The first-order chi connectivity index (χ1) is 11.6. The van der Waals surface area contributed by atoms with Gasteiger partial charge in [-0.2, -0.15) is 0 Å². The Morgan fingerprint density at radius 1 is 1.16 bits per heavy atom. The Labute approximate surface area is 172 Å². The summed E-state index contributed by atoms with van der Waals surface area (Å²) in [6, 6.07) is 0. The number of hydrogen-bond acceptors (Lipinski definition) is 1. The second-order valence-corrected chi connectivity index (χ2v) is 14.6. The van der Waals surface area contributed by atoms with Gasteiger partial charge in [-0.3, -0.25) is 6.67 Å². The molecule has 0 bridgehead atoms. The molecule has 0 N–H and O–H groups in total. The van der Waals surface area contributed by atoms with E-state index in [1.807, 2.05) is 0 Å². The van der Waals surface area contributed by atoms with Crippen LogP contribution < -0.4 is 0 Å². The minimum atomic E-state index is -1.52. The molecule has 1 aliphatic heterocycles. The molecule has 3 rings (SSSR count). The maximum atomic E-state index is 4.89. The van der Waals surface area contributed by atoms with E-state index in [0.717, 1.165) is 36.6 Å². The third kappa shape index (κ3) is 5.92. The van der Waals surface area contributed by atoms with Gasteiger partial charge in [0.25, 0.3) is 0 Å². The normalized spacial score (nSPS) is 31.9. The first kappa shape index (κ1) is 23.9. The maximum absolute atomic E-state index is 4.89. The molecule has 1 saturated carbocycles. The van der Waals surface area contributed by atoms with Crippen LogP contribution in [0, 0.1) is 25.2 Å². The van der Waals surface area contributed by atoms with Crippen LogP contribution in [0.5, 0.6) is 0 Å². The van der Waals surface area contributed by atoms with Gasteiger partial charge < -0.3 is 22.6 Å². The molecule has 140 valence electrons. The van der Waals surface area contributed by atoms with Gasteiger partial charge in [-0.1, -0.05) is 57.2 Å². The molecule has 0 aromatic rings. The van der Waals surface area contributed by atoms with Crippen molar-refractivity contribution >= 4 is 26.8 Å². The predicted octanol–water partition coefficient (Wildman–Crippen LogP) is 6.50. The average molecular weight is 437 g/mol. The second-order valence-electron chi connectivity index (χ2n) is 7.46. The number of allylic oxidation sites excluding steroid dienone is 4. The van der Waals surface area contributed by atoms with Crippen LogP contribution in [-0.4, -0.2) is 32.8 Å². The zero-order valence-corrected chi connectivity index (χ0v) is 20.0. The monoisotopic (exact) mass is 436 g/mol. The zero-order chi connectivity index (χ0) is 17.6. The van der Waals surface area contributed by atoms with Crippen molar-refractivity contribution in [3.05, 3.63) is 42.4 Å². The standard InChI is InChI=1S/C17H29N3Si.CH3.2ClH.Ti/c1-4-7-15-10-14-8-5-6-9-16(14)17(15)21(2,3)20-12-18-11-19-13-20;;;;/h5-6,8-9,14-17H,4,7,10-13H2,1-3H3;1H3;2*1H;/q-2;-1;;;+6/p-2. The van der Waals surface area contributed by atoms with Gasteiger partial charge in [0.05, 0.1) is 0 Å². The summed E-state index contributed by atoms with van der Waals surface area (Å²) in [7, 11) is 8.26. The molecule has 1 saturated heterocycles. The van der Waals surface area contributed by atoms with Gasteiger partial charge in [0.2, 0.25) is 0 Å². The molecule has 0 radical (unpaired) electrons. The fourth-order valence-corrected chi connectivity index (χ4v) is 8.95.